The molecule has 0 aliphatic carbocycles. The van der Waals surface area contributed by atoms with E-state index in [2.05, 4.69) is 12.2 Å². The zero-order valence-corrected chi connectivity index (χ0v) is 12.4. The molecule has 1 aromatic heterocycles. The Hall–Kier alpha value is -2.76. The van der Waals surface area contributed by atoms with Gasteiger partial charge >= 0.3 is 0 Å². The maximum absolute atomic E-state index is 11.9. The monoisotopic (exact) mass is 300 g/mol. The average molecular weight is 300 g/mol. The van der Waals surface area contributed by atoms with Crippen LogP contribution >= 0.6 is 0 Å². The lowest BCUT2D eigenvalue weighted by Gasteiger charge is -2.03. The third-order valence-electron chi connectivity index (χ3n) is 3.19. The smallest absolute Gasteiger partial charge is 0.290 e. The summed E-state index contributed by atoms with van der Waals surface area (Å²) in [5.41, 5.74) is 1.78. The number of rotatable bonds is 6. The predicted molar refractivity (Wildman–Crippen MR) is 82.4 cm³/mol. The van der Waals surface area contributed by atoms with Crippen molar-refractivity contribution in [1.82, 2.24) is 0 Å². The lowest BCUT2D eigenvalue weighted by molar-refractivity contribution is -0.684. The van der Waals surface area contributed by atoms with Crippen molar-refractivity contribution >= 4 is 17.3 Å². The minimum Gasteiger partial charge on any atom is -0.321 e. The molecule has 0 saturated carbocycles. The van der Waals surface area contributed by atoms with E-state index in [-0.39, 0.29) is 18.1 Å². The van der Waals surface area contributed by atoms with Crippen LogP contribution in [0.1, 0.15) is 18.9 Å². The molecule has 6 nitrogen and oxygen atoms in total. The van der Waals surface area contributed by atoms with Gasteiger partial charge in [0.05, 0.1) is 4.92 Å². The van der Waals surface area contributed by atoms with Gasteiger partial charge in [0.25, 0.3) is 11.6 Å². The predicted octanol–water partition coefficient (Wildman–Crippen LogP) is 2.47. The average Bonchev–Trinajstić information content (AvgIpc) is 2.50. The Morgan fingerprint density at radius 1 is 1.18 bits per heavy atom. The van der Waals surface area contributed by atoms with E-state index >= 15 is 0 Å². The van der Waals surface area contributed by atoms with Crippen molar-refractivity contribution < 1.29 is 14.3 Å². The van der Waals surface area contributed by atoms with E-state index in [9.17, 15) is 14.9 Å². The van der Waals surface area contributed by atoms with Gasteiger partial charge in [0, 0.05) is 30.0 Å². The minimum atomic E-state index is -0.473. The van der Waals surface area contributed by atoms with Crippen LogP contribution in [0, 0.1) is 10.1 Å². The fourth-order valence-electron chi connectivity index (χ4n) is 2.08. The van der Waals surface area contributed by atoms with Crippen LogP contribution in [0.5, 0.6) is 0 Å². The fourth-order valence-corrected chi connectivity index (χ4v) is 2.08. The summed E-state index contributed by atoms with van der Waals surface area (Å²) in [6, 6.07) is 9.77. The Morgan fingerprint density at radius 3 is 2.36 bits per heavy atom. The molecule has 22 heavy (non-hydrogen) atoms. The van der Waals surface area contributed by atoms with Crippen LogP contribution in [0.2, 0.25) is 0 Å². The Bertz CT molecular complexity index is 651. The highest BCUT2D eigenvalue weighted by Gasteiger charge is 2.10. The van der Waals surface area contributed by atoms with E-state index in [0.717, 1.165) is 12.8 Å². The largest absolute Gasteiger partial charge is 0.321 e. The number of hydrogen-bond acceptors (Lipinski definition) is 3. The van der Waals surface area contributed by atoms with E-state index in [1.165, 1.54) is 29.8 Å². The van der Waals surface area contributed by atoms with Gasteiger partial charge in [0.2, 0.25) is 6.54 Å². The molecule has 1 heterocycles. The first-order valence-corrected chi connectivity index (χ1v) is 7.11. The van der Waals surface area contributed by atoms with E-state index in [1.807, 2.05) is 24.5 Å². The van der Waals surface area contributed by atoms with Gasteiger partial charge in [-0.3, -0.25) is 14.9 Å². The Balaban J connectivity index is 1.93. The third-order valence-corrected chi connectivity index (χ3v) is 3.19. The van der Waals surface area contributed by atoms with E-state index < -0.39 is 4.92 Å². The fraction of sp³-hybridized carbons (Fsp3) is 0.250. The summed E-state index contributed by atoms with van der Waals surface area (Å²) in [5, 5.41) is 13.3. The number of amides is 1. The lowest BCUT2D eigenvalue weighted by atomic mass is 10.2. The molecule has 0 bridgehead atoms. The second-order valence-electron chi connectivity index (χ2n) is 4.98. The van der Waals surface area contributed by atoms with Crippen LogP contribution in [0.25, 0.3) is 0 Å². The number of carbonyl (C=O) groups is 1. The highest BCUT2D eigenvalue weighted by Crippen LogP contribution is 2.15. The molecule has 1 amide bonds. The van der Waals surface area contributed by atoms with Crippen molar-refractivity contribution in [3.8, 4) is 0 Å². The molecular weight excluding hydrogens is 282 g/mol. The summed E-state index contributed by atoms with van der Waals surface area (Å²) in [6.45, 7) is 2.32. The highest BCUT2D eigenvalue weighted by atomic mass is 16.6. The maximum atomic E-state index is 11.9. The molecule has 0 unspecified atom stereocenters. The van der Waals surface area contributed by atoms with Crippen LogP contribution in [-0.4, -0.2) is 10.8 Å². The highest BCUT2D eigenvalue weighted by molar-refractivity contribution is 5.89. The van der Waals surface area contributed by atoms with Crippen LogP contribution in [0.15, 0.2) is 48.8 Å². The van der Waals surface area contributed by atoms with E-state index in [1.54, 1.807) is 4.57 Å². The van der Waals surface area contributed by atoms with Crippen LogP contribution in [0.3, 0.4) is 0 Å². The molecule has 2 aromatic rings. The number of aryl methyl sites for hydroxylation is 1. The van der Waals surface area contributed by atoms with Gasteiger partial charge in [0.15, 0.2) is 12.4 Å². The molecule has 0 spiro atoms. The molecule has 0 atom stereocenters. The summed E-state index contributed by atoms with van der Waals surface area (Å²) in [4.78, 5) is 22.0. The number of nitrogens with one attached hydrogen (secondary N) is 1. The van der Waals surface area contributed by atoms with Gasteiger partial charge in [-0.25, -0.2) is 0 Å². The lowest BCUT2D eigenvalue weighted by Crippen LogP contribution is -2.39. The van der Waals surface area contributed by atoms with Crippen LogP contribution < -0.4 is 9.88 Å². The second-order valence-corrected chi connectivity index (χ2v) is 4.98. The van der Waals surface area contributed by atoms with Gasteiger partial charge in [-0.1, -0.05) is 13.3 Å². The molecule has 0 aliphatic heterocycles. The molecule has 114 valence electrons. The number of non-ortho nitro benzene ring substituents is 1. The van der Waals surface area contributed by atoms with Crippen molar-refractivity contribution in [2.45, 2.75) is 26.3 Å². The summed E-state index contributed by atoms with van der Waals surface area (Å²) in [7, 11) is 0. The molecule has 1 N–H and O–H groups in total. The van der Waals surface area contributed by atoms with E-state index in [4.69, 9.17) is 0 Å². The molecule has 0 radical (unpaired) electrons. The third kappa shape index (κ3) is 4.37. The zero-order valence-electron chi connectivity index (χ0n) is 12.4. The van der Waals surface area contributed by atoms with Gasteiger partial charge < -0.3 is 5.32 Å². The summed E-state index contributed by atoms with van der Waals surface area (Å²) in [6.07, 6.45) is 5.86. The van der Waals surface area contributed by atoms with E-state index in [0.29, 0.717) is 5.69 Å². The van der Waals surface area contributed by atoms with Crippen molar-refractivity contribution in [3.63, 3.8) is 0 Å². The Morgan fingerprint density at radius 2 is 1.82 bits per heavy atom. The number of aromatic nitrogens is 1. The molecular formula is C16H18N3O3+. The minimum absolute atomic E-state index is 0.00103. The van der Waals surface area contributed by atoms with Crippen molar-refractivity contribution in [2.24, 2.45) is 0 Å². The number of nitrogens with zero attached hydrogens (tertiary/aromatic N) is 2. The molecule has 0 saturated heterocycles. The van der Waals surface area contributed by atoms with Gasteiger partial charge in [-0.15, -0.1) is 0 Å². The van der Waals surface area contributed by atoms with Gasteiger partial charge in [-0.2, -0.15) is 4.57 Å². The number of anilines is 1. The second kappa shape index (κ2) is 7.31. The van der Waals surface area contributed by atoms with Gasteiger partial charge in [-0.05, 0) is 24.1 Å². The molecule has 6 heteroatoms. The van der Waals surface area contributed by atoms with Crippen molar-refractivity contribution in [2.75, 3.05) is 5.32 Å². The Labute approximate surface area is 128 Å². The molecule has 0 aliphatic rings. The topological polar surface area (TPSA) is 76.1 Å². The van der Waals surface area contributed by atoms with Crippen LogP contribution in [0.4, 0.5) is 11.4 Å². The first kappa shape index (κ1) is 15.6. The zero-order chi connectivity index (χ0) is 15.9. The number of carbonyl (C=O) groups excluding carboxylic acids is 1. The quantitative estimate of drug-likeness (QED) is 0.506. The van der Waals surface area contributed by atoms with Crippen molar-refractivity contribution in [3.05, 3.63) is 64.5 Å². The Kier molecular flexibility index (Phi) is 5.19. The standard InChI is InChI=1S/C16H17N3O3/c1-2-3-13-8-10-18(11-9-13)12-16(20)17-14-4-6-15(7-5-14)19(21)22/h4-11H,2-3,12H2,1H3/p+1. The first-order chi connectivity index (χ1) is 10.6. The summed E-state index contributed by atoms with van der Waals surface area (Å²) >= 11 is 0. The number of nitro groups is 1. The number of nitro benzene ring substituents is 1. The summed E-state index contributed by atoms with van der Waals surface area (Å²) < 4.78 is 1.79. The number of pyridine rings is 1. The normalized spacial score (nSPS) is 10.2. The molecule has 1 aromatic carbocycles. The first-order valence-electron chi connectivity index (χ1n) is 7.11. The van der Waals surface area contributed by atoms with Crippen molar-refractivity contribution in [1.29, 1.82) is 0 Å². The van der Waals surface area contributed by atoms with Gasteiger partial charge in [0.1, 0.15) is 0 Å². The number of hydrogen-bond donors (Lipinski definition) is 1. The summed E-state index contributed by atoms with van der Waals surface area (Å²) in [5.74, 6) is -0.179. The maximum Gasteiger partial charge on any atom is 0.290 e. The van der Waals surface area contributed by atoms with Crippen LogP contribution in [-0.2, 0) is 17.8 Å². The SMILES string of the molecule is CCCc1cc[n+](CC(=O)Nc2ccc([N+](=O)[O-])cc2)cc1. The molecule has 0 fully saturated rings. The number of benzene rings is 1. The molecule has 2 rings (SSSR count).